The Morgan fingerprint density at radius 2 is 1.95 bits per heavy atom. The van der Waals surface area contributed by atoms with E-state index in [1.807, 2.05) is 0 Å². The molecule has 2 rings (SSSR count). The van der Waals surface area contributed by atoms with Gasteiger partial charge in [0.05, 0.1) is 5.69 Å². The second kappa shape index (κ2) is 4.48. The molecule has 0 aliphatic rings. The Labute approximate surface area is 103 Å². The number of rotatable bonds is 2. The van der Waals surface area contributed by atoms with Crippen molar-refractivity contribution in [2.75, 3.05) is 0 Å². The van der Waals surface area contributed by atoms with Gasteiger partial charge in [-0.3, -0.25) is 14.3 Å². The molecule has 19 heavy (non-hydrogen) atoms. The number of benzene rings is 1. The maximum absolute atomic E-state index is 13.5. The summed E-state index contributed by atoms with van der Waals surface area (Å²) in [6, 6.07) is 2.33. The molecule has 1 aromatic carbocycles. The van der Waals surface area contributed by atoms with Crippen LogP contribution < -0.4 is 11.2 Å². The number of aromatic carboxylic acids is 1. The quantitative estimate of drug-likeness (QED) is 0.829. The van der Waals surface area contributed by atoms with Crippen LogP contribution in [0, 0.1) is 11.6 Å². The summed E-state index contributed by atoms with van der Waals surface area (Å²) in [6.45, 7) is 0. The summed E-state index contributed by atoms with van der Waals surface area (Å²) in [5, 5.41) is 8.75. The third-order valence-corrected chi connectivity index (χ3v) is 2.34. The molecule has 98 valence electrons. The molecule has 2 aromatic rings. The van der Waals surface area contributed by atoms with E-state index >= 15 is 0 Å². The summed E-state index contributed by atoms with van der Waals surface area (Å²) >= 11 is 0. The number of nitrogens with one attached hydrogen (secondary N) is 1. The van der Waals surface area contributed by atoms with Crippen molar-refractivity contribution in [2.45, 2.75) is 0 Å². The number of H-pyrrole nitrogens is 1. The number of aromatic nitrogens is 2. The highest BCUT2D eigenvalue weighted by Crippen LogP contribution is 2.12. The summed E-state index contributed by atoms with van der Waals surface area (Å²) in [4.78, 5) is 35.2. The van der Waals surface area contributed by atoms with Gasteiger partial charge in [-0.2, -0.15) is 0 Å². The fourth-order valence-electron chi connectivity index (χ4n) is 1.47. The first-order chi connectivity index (χ1) is 8.90. The summed E-state index contributed by atoms with van der Waals surface area (Å²) in [5.74, 6) is -3.34. The van der Waals surface area contributed by atoms with Gasteiger partial charge in [-0.1, -0.05) is 0 Å². The minimum Gasteiger partial charge on any atom is -0.477 e. The van der Waals surface area contributed by atoms with Crippen LogP contribution in [0.15, 0.2) is 34.0 Å². The molecule has 0 bridgehead atoms. The van der Waals surface area contributed by atoms with Crippen LogP contribution >= 0.6 is 0 Å². The number of carboxylic acid groups (broad SMARTS) is 1. The van der Waals surface area contributed by atoms with Crippen LogP contribution in [0.5, 0.6) is 0 Å². The number of hydrogen-bond acceptors (Lipinski definition) is 3. The lowest BCUT2D eigenvalue weighted by molar-refractivity contribution is 0.0694. The number of carboxylic acids is 1. The first-order valence-corrected chi connectivity index (χ1v) is 4.95. The zero-order chi connectivity index (χ0) is 14.2. The van der Waals surface area contributed by atoms with Crippen LogP contribution in [0.25, 0.3) is 5.69 Å². The molecule has 0 radical (unpaired) electrons. The molecule has 0 aliphatic carbocycles. The Morgan fingerprint density at radius 1 is 1.26 bits per heavy atom. The molecule has 0 aliphatic heterocycles. The maximum atomic E-state index is 13.5. The predicted molar refractivity (Wildman–Crippen MR) is 59.5 cm³/mol. The van der Waals surface area contributed by atoms with E-state index in [0.29, 0.717) is 16.8 Å². The molecule has 0 spiro atoms. The van der Waals surface area contributed by atoms with E-state index < -0.39 is 40.1 Å². The predicted octanol–water partition coefficient (Wildman–Crippen LogP) is 0.502. The van der Waals surface area contributed by atoms with Gasteiger partial charge in [-0.15, -0.1) is 0 Å². The van der Waals surface area contributed by atoms with Crippen LogP contribution in [-0.4, -0.2) is 20.6 Å². The number of hydrogen-bond donors (Lipinski definition) is 2. The fraction of sp³-hybridized carbons (Fsp3) is 0. The Kier molecular flexibility index (Phi) is 2.99. The van der Waals surface area contributed by atoms with Crippen LogP contribution in [-0.2, 0) is 0 Å². The average Bonchev–Trinajstić information content (AvgIpc) is 2.32. The molecule has 0 fully saturated rings. The Hall–Kier alpha value is -2.77. The van der Waals surface area contributed by atoms with E-state index in [2.05, 4.69) is 0 Å². The molecule has 2 N–H and O–H groups in total. The zero-order valence-corrected chi connectivity index (χ0v) is 9.18. The summed E-state index contributed by atoms with van der Waals surface area (Å²) in [7, 11) is 0. The highest BCUT2D eigenvalue weighted by atomic mass is 19.1. The first-order valence-electron chi connectivity index (χ1n) is 4.95. The van der Waals surface area contributed by atoms with Crippen molar-refractivity contribution < 1.29 is 18.7 Å². The Balaban J connectivity index is 2.79. The van der Waals surface area contributed by atoms with Gasteiger partial charge in [-0.05, 0) is 12.1 Å². The SMILES string of the molecule is O=C(O)c1cn(-c2cc(F)ccc2F)c(=O)[nH]c1=O. The lowest BCUT2D eigenvalue weighted by Crippen LogP contribution is -2.32. The van der Waals surface area contributed by atoms with Crippen LogP contribution in [0.4, 0.5) is 8.78 Å². The number of aromatic amines is 1. The molecule has 6 nitrogen and oxygen atoms in total. The van der Waals surface area contributed by atoms with Gasteiger partial charge in [0.15, 0.2) is 0 Å². The maximum Gasteiger partial charge on any atom is 0.342 e. The third-order valence-electron chi connectivity index (χ3n) is 2.34. The number of halogens is 2. The molecule has 0 saturated carbocycles. The topological polar surface area (TPSA) is 92.2 Å². The first kappa shape index (κ1) is 12.7. The number of nitrogens with zero attached hydrogens (tertiary/aromatic N) is 1. The lowest BCUT2D eigenvalue weighted by Gasteiger charge is -2.07. The summed E-state index contributed by atoms with van der Waals surface area (Å²) < 4.78 is 27.1. The number of carbonyl (C=O) groups is 1. The molecule has 0 saturated heterocycles. The summed E-state index contributed by atoms with van der Waals surface area (Å²) in [5.41, 5.74) is -3.45. The van der Waals surface area contributed by atoms with Crippen LogP contribution in [0.1, 0.15) is 10.4 Å². The minimum absolute atomic E-state index is 0.497. The van der Waals surface area contributed by atoms with Gasteiger partial charge in [0, 0.05) is 12.3 Å². The minimum atomic E-state index is -1.59. The van der Waals surface area contributed by atoms with Crippen molar-refractivity contribution in [3.8, 4) is 5.69 Å². The molecule has 1 heterocycles. The van der Waals surface area contributed by atoms with E-state index in [0.717, 1.165) is 12.1 Å². The molecule has 1 aromatic heterocycles. The molecule has 0 amide bonds. The van der Waals surface area contributed by atoms with Crippen LogP contribution in [0.3, 0.4) is 0 Å². The average molecular weight is 268 g/mol. The molecule has 0 atom stereocenters. The smallest absolute Gasteiger partial charge is 0.342 e. The van der Waals surface area contributed by atoms with Crippen LogP contribution in [0.2, 0.25) is 0 Å². The van der Waals surface area contributed by atoms with Crippen molar-refractivity contribution in [3.05, 3.63) is 62.4 Å². The Morgan fingerprint density at radius 3 is 2.58 bits per heavy atom. The normalized spacial score (nSPS) is 10.4. The molecular weight excluding hydrogens is 262 g/mol. The van der Waals surface area contributed by atoms with E-state index in [4.69, 9.17) is 5.11 Å². The second-order valence-corrected chi connectivity index (χ2v) is 3.57. The van der Waals surface area contributed by atoms with E-state index in [1.165, 1.54) is 0 Å². The second-order valence-electron chi connectivity index (χ2n) is 3.57. The van der Waals surface area contributed by atoms with Gasteiger partial charge in [0.1, 0.15) is 17.2 Å². The lowest BCUT2D eigenvalue weighted by atomic mass is 10.2. The summed E-state index contributed by atoms with van der Waals surface area (Å²) in [6.07, 6.45) is 0.640. The molecule has 8 heteroatoms. The van der Waals surface area contributed by atoms with Crippen molar-refractivity contribution in [3.63, 3.8) is 0 Å². The highest BCUT2D eigenvalue weighted by molar-refractivity contribution is 5.86. The fourth-order valence-corrected chi connectivity index (χ4v) is 1.47. The zero-order valence-electron chi connectivity index (χ0n) is 9.18. The monoisotopic (exact) mass is 268 g/mol. The van der Waals surface area contributed by atoms with E-state index in [9.17, 15) is 23.2 Å². The van der Waals surface area contributed by atoms with Gasteiger partial charge >= 0.3 is 11.7 Å². The van der Waals surface area contributed by atoms with E-state index in [1.54, 1.807) is 4.98 Å². The van der Waals surface area contributed by atoms with Crippen molar-refractivity contribution in [2.24, 2.45) is 0 Å². The van der Waals surface area contributed by atoms with Crippen molar-refractivity contribution >= 4 is 5.97 Å². The van der Waals surface area contributed by atoms with Gasteiger partial charge in [-0.25, -0.2) is 18.4 Å². The van der Waals surface area contributed by atoms with Crippen molar-refractivity contribution in [1.82, 2.24) is 9.55 Å². The highest BCUT2D eigenvalue weighted by Gasteiger charge is 2.14. The van der Waals surface area contributed by atoms with Gasteiger partial charge < -0.3 is 5.11 Å². The van der Waals surface area contributed by atoms with Crippen molar-refractivity contribution in [1.29, 1.82) is 0 Å². The van der Waals surface area contributed by atoms with E-state index in [-0.39, 0.29) is 0 Å². The third kappa shape index (κ3) is 2.28. The van der Waals surface area contributed by atoms with Gasteiger partial charge in [0.2, 0.25) is 0 Å². The molecule has 0 unspecified atom stereocenters. The standard InChI is InChI=1S/C11H6F2N2O4/c12-5-1-2-7(13)8(3-5)15-4-6(10(17)18)9(16)14-11(15)19/h1-4H,(H,17,18)(H,14,16,19). The van der Waals surface area contributed by atoms with Gasteiger partial charge in [0.25, 0.3) is 5.56 Å². The molecular formula is C11H6F2N2O4. The largest absolute Gasteiger partial charge is 0.477 e. The Bertz CT molecular complexity index is 779.